The van der Waals surface area contributed by atoms with Gasteiger partial charge >= 0.3 is 0 Å². The Kier molecular flexibility index (Phi) is 277. The third kappa shape index (κ3) is 20.2. The molecule has 38 valence electrons. The molecule has 0 aromatic carbocycles. The van der Waals surface area contributed by atoms with Crippen molar-refractivity contribution in [3.8, 4) is 0 Å². The molecule has 5 heteroatoms. The van der Waals surface area contributed by atoms with E-state index in [0.717, 1.165) is 0 Å². The normalized spacial score (nSPS) is 0. The van der Waals surface area contributed by atoms with E-state index in [-0.39, 0.29) is 89.2 Å². The largest absolute Gasteiger partial charge is 2.00 e. The molecule has 0 atom stereocenters. The van der Waals surface area contributed by atoms with Gasteiger partial charge in [0.2, 0.25) is 0 Å². The van der Waals surface area contributed by atoms with Gasteiger partial charge in [0.25, 0.3) is 0 Å². The van der Waals surface area contributed by atoms with Gasteiger partial charge in [0.1, 0.15) is 0 Å². The zero-order valence-electron chi connectivity index (χ0n) is 1.89. The second kappa shape index (κ2) is 29.6. The minimum Gasteiger partial charge on any atom is -2.00 e. The summed E-state index contributed by atoms with van der Waals surface area (Å²) in [5.74, 6) is 0. The van der Waals surface area contributed by atoms with Crippen molar-refractivity contribution in [2.45, 2.75) is 0 Å². The Balaban J connectivity index is 0. The smallest absolute Gasteiger partial charge is 0 e. The molecule has 0 aliphatic carbocycles. The molecule has 0 N–H and O–H groups in total. The molecule has 0 unspecified atom stereocenters. The van der Waals surface area contributed by atoms with Crippen LogP contribution in [-0.2, 0) is 89.2 Å². The fraction of sp³-hybridized carbons (Fsp3) is 0. The average Bonchev–Trinajstić information content (AvgIpc) is 0. The predicted molar refractivity (Wildman–Crippen MR) is 7.37 cm³/mol. The van der Waals surface area contributed by atoms with Gasteiger partial charge in [0.05, 0.1) is 0 Å². The number of hydrogen-bond acceptors (Lipinski definition) is 0. The first-order valence-corrected chi connectivity index (χ1v) is 0. The van der Waals surface area contributed by atoms with E-state index in [1.807, 2.05) is 0 Å². The molecule has 0 aliphatic rings. The first-order valence-electron chi connectivity index (χ1n) is 0. The van der Waals surface area contributed by atoms with Crippen molar-refractivity contribution < 1.29 is 75.7 Å². The minimum atomic E-state index is 0. The molecule has 5 heavy (non-hydrogen) atoms. The third-order valence-electron chi connectivity index (χ3n) is 0. The molecule has 0 saturated carbocycles. The van der Waals surface area contributed by atoms with Gasteiger partial charge in [-0.1, -0.05) is 0 Å². The Morgan fingerprint density at radius 2 is 0.600 bits per heavy atom. The molecule has 0 saturated heterocycles. The van der Waals surface area contributed by atoms with Crippen LogP contribution >= 0.6 is 0 Å². The van der Waals surface area contributed by atoms with E-state index in [4.69, 9.17) is 0 Å². The van der Waals surface area contributed by atoms with Crippen LogP contribution in [0.4, 0.5) is 0 Å². The summed E-state index contributed by atoms with van der Waals surface area (Å²) in [5, 5.41) is 0. The average molecular weight is 342 g/mol. The molecule has 0 amide bonds. The van der Waals surface area contributed by atoms with Crippen molar-refractivity contribution in [3.05, 3.63) is 0 Å². The van der Waals surface area contributed by atoms with Gasteiger partial charge in [-0.05, 0) is 0 Å². The van der Waals surface area contributed by atoms with Crippen LogP contribution in [0.2, 0.25) is 0 Å². The molecule has 0 fully saturated rings. The fourth-order valence-corrected chi connectivity index (χ4v) is 0. The summed E-state index contributed by atoms with van der Waals surface area (Å²) >= 11 is 0. The standard InChI is InChI=1S/2Co.2Mo.S/q;;;;-2. The Morgan fingerprint density at radius 3 is 0.600 bits per heavy atom. The van der Waals surface area contributed by atoms with Crippen LogP contribution in [0.5, 0.6) is 0 Å². The fourth-order valence-electron chi connectivity index (χ4n) is 0. The monoisotopic (exact) mass is 346 g/mol. The molecule has 0 rings (SSSR count). The van der Waals surface area contributed by atoms with Crippen molar-refractivity contribution in [2.24, 2.45) is 0 Å². The maximum absolute atomic E-state index is 0. The molecular weight excluding hydrogens is 342 g/mol. The van der Waals surface area contributed by atoms with Crippen molar-refractivity contribution in [3.63, 3.8) is 0 Å². The predicted octanol–water partition coefficient (Wildman–Crippen LogP) is -0.0124. The third-order valence-corrected chi connectivity index (χ3v) is 0. The van der Waals surface area contributed by atoms with Gasteiger partial charge < -0.3 is 13.5 Å². The van der Waals surface area contributed by atoms with Crippen molar-refractivity contribution in [1.82, 2.24) is 0 Å². The Morgan fingerprint density at radius 1 is 0.600 bits per heavy atom. The van der Waals surface area contributed by atoms with E-state index in [0.29, 0.717) is 0 Å². The maximum Gasteiger partial charge on any atom is 0 e. The van der Waals surface area contributed by atoms with E-state index in [9.17, 15) is 0 Å². The summed E-state index contributed by atoms with van der Waals surface area (Å²) < 4.78 is 0. The summed E-state index contributed by atoms with van der Waals surface area (Å²) in [6.45, 7) is 0. The first-order chi connectivity index (χ1) is 0. The molecule has 0 aromatic rings. The van der Waals surface area contributed by atoms with E-state index in [1.165, 1.54) is 0 Å². The first kappa shape index (κ1) is 46.8. The van der Waals surface area contributed by atoms with E-state index < -0.39 is 0 Å². The molecule has 2 radical (unpaired) electrons. The Labute approximate surface area is 88.0 Å². The van der Waals surface area contributed by atoms with Crippen LogP contribution in [0, 0.1) is 0 Å². The summed E-state index contributed by atoms with van der Waals surface area (Å²) in [6.07, 6.45) is 0. The molecule has 0 bridgehead atoms. The van der Waals surface area contributed by atoms with E-state index in [1.54, 1.807) is 0 Å². The second-order valence-electron chi connectivity index (χ2n) is 0. The van der Waals surface area contributed by atoms with Gasteiger partial charge in [-0.2, -0.15) is 0 Å². The van der Waals surface area contributed by atoms with Crippen LogP contribution in [0.25, 0.3) is 0 Å². The van der Waals surface area contributed by atoms with Crippen LogP contribution < -0.4 is 0 Å². The van der Waals surface area contributed by atoms with E-state index in [2.05, 4.69) is 0 Å². The molecule has 0 aromatic heterocycles. The van der Waals surface area contributed by atoms with Gasteiger partial charge in [-0.25, -0.2) is 0 Å². The van der Waals surface area contributed by atoms with Crippen molar-refractivity contribution >= 4 is 13.5 Å². The van der Waals surface area contributed by atoms with Crippen molar-refractivity contribution in [2.75, 3.05) is 0 Å². The Bertz CT molecular complexity index is 7.61. The summed E-state index contributed by atoms with van der Waals surface area (Å²) in [6, 6.07) is 0. The molecule has 0 aliphatic heterocycles. The molecule has 0 nitrogen and oxygen atoms in total. The molecular formula is Co2Mo2S-2. The Hall–Kier alpha value is 2.74. The zero-order chi connectivity index (χ0) is 0. The summed E-state index contributed by atoms with van der Waals surface area (Å²) in [4.78, 5) is 0. The summed E-state index contributed by atoms with van der Waals surface area (Å²) in [5.41, 5.74) is 0. The SMILES string of the molecule is [Co].[Co].[Mo].[Mo].[S-2]. The van der Waals surface area contributed by atoms with Gasteiger partial charge in [0.15, 0.2) is 0 Å². The van der Waals surface area contributed by atoms with Crippen LogP contribution in [-0.4, -0.2) is 0 Å². The molecule has 0 heterocycles. The topological polar surface area (TPSA) is 0 Å². The van der Waals surface area contributed by atoms with E-state index >= 15 is 0 Å². The number of hydrogen-bond donors (Lipinski definition) is 0. The van der Waals surface area contributed by atoms with Crippen LogP contribution in [0.15, 0.2) is 0 Å². The van der Waals surface area contributed by atoms with Gasteiger partial charge in [-0.15, -0.1) is 0 Å². The maximum atomic E-state index is 0. The second-order valence-corrected chi connectivity index (χ2v) is 0. The van der Waals surface area contributed by atoms with Gasteiger partial charge in [-0.3, -0.25) is 0 Å². The van der Waals surface area contributed by atoms with Crippen LogP contribution in [0.3, 0.4) is 0 Å². The number of rotatable bonds is 0. The zero-order valence-corrected chi connectivity index (χ0v) is 8.80. The molecule has 0 spiro atoms. The van der Waals surface area contributed by atoms with Gasteiger partial charge in [0, 0.05) is 75.7 Å². The quantitative estimate of drug-likeness (QED) is 0.544. The van der Waals surface area contributed by atoms with Crippen LogP contribution in [0.1, 0.15) is 0 Å². The summed E-state index contributed by atoms with van der Waals surface area (Å²) in [7, 11) is 0. The van der Waals surface area contributed by atoms with Crippen molar-refractivity contribution in [1.29, 1.82) is 0 Å². The minimum absolute atomic E-state index is 0.